The Hall–Kier alpha value is -1.52. The summed E-state index contributed by atoms with van der Waals surface area (Å²) < 4.78 is 44.4. The van der Waals surface area contributed by atoms with Gasteiger partial charge in [0.1, 0.15) is 0 Å². The summed E-state index contributed by atoms with van der Waals surface area (Å²) in [4.78, 5) is 0. The van der Waals surface area contributed by atoms with Gasteiger partial charge in [0.15, 0.2) is 0 Å². The maximum absolute atomic E-state index is 12.9. The van der Waals surface area contributed by atoms with Crippen LogP contribution in [0.4, 0.5) is 13.2 Å². The monoisotopic (exact) mass is 328 g/mol. The van der Waals surface area contributed by atoms with Crippen LogP contribution < -0.4 is 0 Å². The van der Waals surface area contributed by atoms with E-state index in [-0.39, 0.29) is 11.1 Å². The topological polar surface area (TPSA) is 9.23 Å². The van der Waals surface area contributed by atoms with Crippen molar-refractivity contribution in [3.05, 3.63) is 70.2 Å². The standard InChI is InChI=1S/C17H16ClF3O/c1-2-22-16(13-6-4-3-5-7-13)11-12-8-9-15(18)14(10-12)17(19,20)21/h3-10,16H,2,11H2,1H3. The molecular formula is C17H16ClF3O. The van der Waals surface area contributed by atoms with Gasteiger partial charge in [-0.2, -0.15) is 13.2 Å². The Kier molecular flexibility index (Phi) is 5.48. The molecule has 2 aromatic carbocycles. The first-order valence-corrected chi connectivity index (χ1v) is 7.31. The van der Waals surface area contributed by atoms with E-state index < -0.39 is 11.7 Å². The minimum atomic E-state index is -4.46. The summed E-state index contributed by atoms with van der Waals surface area (Å²) in [6.45, 7) is 2.35. The summed E-state index contributed by atoms with van der Waals surface area (Å²) in [6.07, 6.45) is -4.38. The predicted octanol–water partition coefficient (Wildman–Crippen LogP) is 5.68. The van der Waals surface area contributed by atoms with E-state index in [1.54, 1.807) is 6.07 Å². The Morgan fingerprint density at radius 1 is 1.09 bits per heavy atom. The Morgan fingerprint density at radius 3 is 2.36 bits per heavy atom. The van der Waals surface area contributed by atoms with Crippen LogP contribution in [0.3, 0.4) is 0 Å². The molecule has 0 heterocycles. The number of alkyl halides is 3. The van der Waals surface area contributed by atoms with Gasteiger partial charge in [-0.05, 0) is 30.2 Å². The summed E-state index contributed by atoms with van der Waals surface area (Å²) in [5.41, 5.74) is 0.668. The number of hydrogen-bond donors (Lipinski definition) is 0. The fourth-order valence-electron chi connectivity index (χ4n) is 2.27. The average molecular weight is 329 g/mol. The van der Waals surface area contributed by atoms with Gasteiger partial charge in [0.05, 0.1) is 16.7 Å². The van der Waals surface area contributed by atoms with E-state index in [2.05, 4.69) is 0 Å². The number of rotatable bonds is 5. The smallest absolute Gasteiger partial charge is 0.373 e. The van der Waals surface area contributed by atoms with E-state index in [0.717, 1.165) is 11.6 Å². The van der Waals surface area contributed by atoms with Crippen LogP contribution in [0.15, 0.2) is 48.5 Å². The lowest BCUT2D eigenvalue weighted by Gasteiger charge is -2.19. The van der Waals surface area contributed by atoms with Gasteiger partial charge in [-0.1, -0.05) is 48.0 Å². The van der Waals surface area contributed by atoms with Gasteiger partial charge in [-0.3, -0.25) is 0 Å². The second kappa shape index (κ2) is 7.16. The highest BCUT2D eigenvalue weighted by molar-refractivity contribution is 6.31. The third-order valence-corrected chi connectivity index (χ3v) is 3.63. The Morgan fingerprint density at radius 2 is 1.77 bits per heavy atom. The SMILES string of the molecule is CCOC(Cc1ccc(Cl)c(C(F)(F)F)c1)c1ccccc1. The van der Waals surface area contributed by atoms with E-state index in [1.165, 1.54) is 6.07 Å². The van der Waals surface area contributed by atoms with E-state index in [4.69, 9.17) is 16.3 Å². The van der Waals surface area contributed by atoms with Crippen LogP contribution >= 0.6 is 11.6 Å². The number of hydrogen-bond acceptors (Lipinski definition) is 1. The van der Waals surface area contributed by atoms with Crippen molar-refractivity contribution in [2.24, 2.45) is 0 Å². The molecule has 2 rings (SSSR count). The molecule has 118 valence electrons. The molecule has 1 nitrogen and oxygen atoms in total. The van der Waals surface area contributed by atoms with Crippen molar-refractivity contribution in [1.29, 1.82) is 0 Å². The fourth-order valence-corrected chi connectivity index (χ4v) is 2.50. The van der Waals surface area contributed by atoms with Crippen molar-refractivity contribution in [3.8, 4) is 0 Å². The minimum absolute atomic E-state index is 0.284. The molecule has 0 aromatic heterocycles. The Labute approximate surface area is 132 Å². The Balaban J connectivity index is 2.27. The van der Waals surface area contributed by atoms with Crippen molar-refractivity contribution in [1.82, 2.24) is 0 Å². The van der Waals surface area contributed by atoms with Crippen molar-refractivity contribution in [3.63, 3.8) is 0 Å². The van der Waals surface area contributed by atoms with Gasteiger partial charge in [-0.25, -0.2) is 0 Å². The molecule has 0 aliphatic carbocycles. The van der Waals surface area contributed by atoms with Crippen molar-refractivity contribution < 1.29 is 17.9 Å². The van der Waals surface area contributed by atoms with Crippen LogP contribution in [0.25, 0.3) is 0 Å². The first kappa shape index (κ1) is 16.8. The van der Waals surface area contributed by atoms with Gasteiger partial charge >= 0.3 is 6.18 Å². The molecule has 0 fully saturated rings. The highest BCUT2D eigenvalue weighted by Gasteiger charge is 2.33. The molecule has 0 aliphatic heterocycles. The van der Waals surface area contributed by atoms with E-state index in [9.17, 15) is 13.2 Å². The second-order valence-corrected chi connectivity index (χ2v) is 5.28. The van der Waals surface area contributed by atoms with Crippen LogP contribution in [0.1, 0.15) is 29.7 Å². The first-order chi connectivity index (χ1) is 10.4. The molecule has 0 saturated carbocycles. The predicted molar refractivity (Wildman–Crippen MR) is 81.0 cm³/mol. The molecule has 0 N–H and O–H groups in total. The van der Waals surface area contributed by atoms with Gasteiger partial charge in [-0.15, -0.1) is 0 Å². The number of ether oxygens (including phenoxy) is 1. The molecule has 5 heteroatoms. The van der Waals surface area contributed by atoms with Gasteiger partial charge in [0, 0.05) is 13.0 Å². The molecule has 0 saturated heterocycles. The molecule has 0 bridgehead atoms. The zero-order chi connectivity index (χ0) is 16.2. The lowest BCUT2D eigenvalue weighted by molar-refractivity contribution is -0.137. The maximum atomic E-state index is 12.9. The average Bonchev–Trinajstić information content (AvgIpc) is 2.48. The summed E-state index contributed by atoms with van der Waals surface area (Å²) in [5.74, 6) is 0. The van der Waals surface area contributed by atoms with Gasteiger partial charge in [0.2, 0.25) is 0 Å². The molecule has 0 aliphatic rings. The van der Waals surface area contributed by atoms with Crippen LogP contribution in [0.5, 0.6) is 0 Å². The number of halogens is 4. The van der Waals surface area contributed by atoms with Crippen LogP contribution in [-0.4, -0.2) is 6.61 Å². The normalized spacial score (nSPS) is 13.1. The zero-order valence-electron chi connectivity index (χ0n) is 12.0. The fraction of sp³-hybridized carbons (Fsp3) is 0.294. The molecule has 22 heavy (non-hydrogen) atoms. The summed E-state index contributed by atoms with van der Waals surface area (Å²) in [5, 5.41) is -0.288. The number of benzene rings is 2. The van der Waals surface area contributed by atoms with Crippen LogP contribution in [-0.2, 0) is 17.3 Å². The van der Waals surface area contributed by atoms with Gasteiger partial charge in [0.25, 0.3) is 0 Å². The van der Waals surface area contributed by atoms with Crippen molar-refractivity contribution >= 4 is 11.6 Å². The minimum Gasteiger partial charge on any atom is -0.373 e. The lowest BCUT2D eigenvalue weighted by atomic mass is 9.99. The summed E-state index contributed by atoms with van der Waals surface area (Å²) in [7, 11) is 0. The highest BCUT2D eigenvalue weighted by atomic mass is 35.5. The zero-order valence-corrected chi connectivity index (χ0v) is 12.8. The van der Waals surface area contributed by atoms with Gasteiger partial charge < -0.3 is 4.74 Å². The largest absolute Gasteiger partial charge is 0.417 e. The van der Waals surface area contributed by atoms with E-state index in [0.29, 0.717) is 18.6 Å². The van der Waals surface area contributed by atoms with Crippen molar-refractivity contribution in [2.45, 2.75) is 25.6 Å². The Bertz CT molecular complexity index is 611. The molecule has 1 unspecified atom stereocenters. The lowest BCUT2D eigenvalue weighted by Crippen LogP contribution is -2.10. The van der Waals surface area contributed by atoms with E-state index >= 15 is 0 Å². The molecule has 1 atom stereocenters. The summed E-state index contributed by atoms with van der Waals surface area (Å²) in [6, 6.07) is 13.4. The van der Waals surface area contributed by atoms with Crippen LogP contribution in [0.2, 0.25) is 5.02 Å². The molecule has 0 spiro atoms. The molecule has 2 aromatic rings. The first-order valence-electron chi connectivity index (χ1n) is 6.94. The second-order valence-electron chi connectivity index (χ2n) is 4.87. The highest BCUT2D eigenvalue weighted by Crippen LogP contribution is 2.36. The molecular weight excluding hydrogens is 313 g/mol. The van der Waals surface area contributed by atoms with Crippen molar-refractivity contribution in [2.75, 3.05) is 6.61 Å². The maximum Gasteiger partial charge on any atom is 0.417 e. The third-order valence-electron chi connectivity index (χ3n) is 3.30. The molecule has 0 amide bonds. The van der Waals surface area contributed by atoms with E-state index in [1.807, 2.05) is 37.3 Å². The third kappa shape index (κ3) is 4.24. The summed E-state index contributed by atoms with van der Waals surface area (Å²) >= 11 is 5.64. The molecule has 0 radical (unpaired) electrons. The quantitative estimate of drug-likeness (QED) is 0.686. The van der Waals surface area contributed by atoms with Crippen LogP contribution in [0, 0.1) is 0 Å².